The molecule has 2 heterocycles. The fraction of sp³-hybridized carbons (Fsp3) is 0.105. The zero-order valence-electron chi connectivity index (χ0n) is 13.9. The number of nitrogens with one attached hydrogen (secondary N) is 1. The molecular formula is C19H13F2N3O2S. The number of carbonyl (C=O) groups excluding carboxylic acids is 1. The van der Waals surface area contributed by atoms with Gasteiger partial charge in [-0.05, 0) is 30.3 Å². The molecule has 136 valence electrons. The fourth-order valence-electron chi connectivity index (χ4n) is 2.57. The highest BCUT2D eigenvalue weighted by molar-refractivity contribution is 7.22. The van der Waals surface area contributed by atoms with Gasteiger partial charge in [-0.3, -0.25) is 4.79 Å². The van der Waals surface area contributed by atoms with Crippen LogP contribution < -0.4 is 5.32 Å². The average Bonchev–Trinajstić information content (AvgIpc) is 3.26. The summed E-state index contributed by atoms with van der Waals surface area (Å²) in [4.78, 5) is 20.4. The van der Waals surface area contributed by atoms with Crippen molar-refractivity contribution in [2.24, 2.45) is 0 Å². The number of amides is 1. The number of halogens is 2. The van der Waals surface area contributed by atoms with Crippen LogP contribution in [0.1, 0.15) is 12.3 Å². The van der Waals surface area contributed by atoms with Gasteiger partial charge < -0.3 is 9.73 Å². The van der Waals surface area contributed by atoms with E-state index in [0.717, 1.165) is 0 Å². The van der Waals surface area contributed by atoms with Crippen LogP contribution in [-0.4, -0.2) is 15.9 Å². The molecule has 0 fully saturated rings. The molecular weight excluding hydrogens is 372 g/mol. The molecule has 1 amide bonds. The topological polar surface area (TPSA) is 68.0 Å². The number of hydrogen-bond acceptors (Lipinski definition) is 5. The summed E-state index contributed by atoms with van der Waals surface area (Å²) in [6, 6.07) is 10.5. The van der Waals surface area contributed by atoms with Crippen molar-refractivity contribution in [3.63, 3.8) is 0 Å². The maximum Gasteiger partial charge on any atom is 0.226 e. The second-order valence-corrected chi connectivity index (χ2v) is 6.81. The summed E-state index contributed by atoms with van der Waals surface area (Å²) in [7, 11) is 0. The van der Waals surface area contributed by atoms with Gasteiger partial charge in [0.15, 0.2) is 16.8 Å². The number of rotatable bonds is 5. The van der Waals surface area contributed by atoms with Crippen molar-refractivity contribution in [3.05, 3.63) is 66.2 Å². The van der Waals surface area contributed by atoms with Crippen LogP contribution in [0.2, 0.25) is 0 Å². The van der Waals surface area contributed by atoms with E-state index in [-0.39, 0.29) is 24.6 Å². The molecule has 2 aromatic carbocycles. The van der Waals surface area contributed by atoms with E-state index in [9.17, 15) is 13.6 Å². The van der Waals surface area contributed by atoms with E-state index in [1.807, 2.05) is 0 Å². The van der Waals surface area contributed by atoms with Crippen LogP contribution in [0.5, 0.6) is 0 Å². The molecule has 0 aliphatic carbocycles. The van der Waals surface area contributed by atoms with E-state index in [4.69, 9.17) is 4.42 Å². The number of aromatic nitrogens is 2. The van der Waals surface area contributed by atoms with E-state index in [1.54, 1.807) is 24.3 Å². The number of nitrogens with zero attached hydrogens (tertiary/aromatic N) is 2. The number of carbonyl (C=O) groups is 1. The predicted octanol–water partition coefficient (Wildman–Crippen LogP) is 4.80. The minimum atomic E-state index is -0.398. The first-order valence-corrected chi connectivity index (χ1v) is 8.96. The van der Waals surface area contributed by atoms with E-state index in [0.29, 0.717) is 32.6 Å². The van der Waals surface area contributed by atoms with Gasteiger partial charge in [0.1, 0.15) is 11.6 Å². The Bertz CT molecular complexity index is 1120. The molecule has 0 saturated heterocycles. The van der Waals surface area contributed by atoms with Gasteiger partial charge in [0.25, 0.3) is 0 Å². The van der Waals surface area contributed by atoms with Gasteiger partial charge in [-0.15, -0.1) is 0 Å². The summed E-state index contributed by atoms with van der Waals surface area (Å²) in [5, 5.41) is 3.09. The fourth-order valence-corrected chi connectivity index (χ4v) is 3.47. The van der Waals surface area contributed by atoms with Crippen molar-refractivity contribution >= 4 is 32.6 Å². The van der Waals surface area contributed by atoms with E-state index < -0.39 is 5.82 Å². The largest absolute Gasteiger partial charge is 0.441 e. The lowest BCUT2D eigenvalue weighted by Gasteiger charge is -2.00. The van der Waals surface area contributed by atoms with Gasteiger partial charge in [-0.1, -0.05) is 23.5 Å². The molecule has 8 heteroatoms. The molecule has 2 aromatic heterocycles. The quantitative estimate of drug-likeness (QED) is 0.536. The first kappa shape index (κ1) is 17.3. The van der Waals surface area contributed by atoms with Crippen LogP contribution >= 0.6 is 11.3 Å². The molecule has 5 nitrogen and oxygen atoms in total. The van der Waals surface area contributed by atoms with Crippen LogP contribution in [0.15, 0.2) is 53.1 Å². The van der Waals surface area contributed by atoms with E-state index >= 15 is 0 Å². The smallest absolute Gasteiger partial charge is 0.226 e. The summed E-state index contributed by atoms with van der Waals surface area (Å²) in [6.07, 6.45) is 1.83. The monoisotopic (exact) mass is 385 g/mol. The van der Waals surface area contributed by atoms with Gasteiger partial charge in [-0.2, -0.15) is 0 Å². The van der Waals surface area contributed by atoms with Gasteiger partial charge in [0.2, 0.25) is 5.91 Å². The Morgan fingerprint density at radius 1 is 1.19 bits per heavy atom. The molecule has 0 atom stereocenters. The Morgan fingerprint density at radius 3 is 2.89 bits per heavy atom. The zero-order valence-corrected chi connectivity index (χ0v) is 14.7. The lowest BCUT2D eigenvalue weighted by atomic mass is 10.2. The van der Waals surface area contributed by atoms with Crippen LogP contribution in [0, 0.1) is 11.6 Å². The molecule has 0 aliphatic rings. The summed E-state index contributed by atoms with van der Waals surface area (Å²) in [5.41, 5.74) is 0.946. The second kappa shape index (κ2) is 7.24. The van der Waals surface area contributed by atoms with Crippen molar-refractivity contribution in [2.45, 2.75) is 12.8 Å². The molecule has 27 heavy (non-hydrogen) atoms. The van der Waals surface area contributed by atoms with Crippen LogP contribution in [-0.2, 0) is 11.2 Å². The standard InChI is InChI=1S/C19H13F2N3O2S/c20-11-5-6-14-16(9-11)27-19(23-14)24-17(25)7-8-18-22-10-15(26-18)12-3-1-2-4-13(12)21/h1-6,9-10H,7-8H2,(H,23,24,25). The van der Waals surface area contributed by atoms with Crippen molar-refractivity contribution in [1.82, 2.24) is 9.97 Å². The Morgan fingerprint density at radius 2 is 2.04 bits per heavy atom. The van der Waals surface area contributed by atoms with Crippen molar-refractivity contribution in [1.29, 1.82) is 0 Å². The number of aryl methyl sites for hydroxylation is 1. The number of anilines is 1. The lowest BCUT2D eigenvalue weighted by Crippen LogP contribution is -2.12. The Kier molecular flexibility index (Phi) is 4.64. The highest BCUT2D eigenvalue weighted by atomic mass is 32.1. The summed E-state index contributed by atoms with van der Waals surface area (Å²) >= 11 is 1.20. The molecule has 0 spiro atoms. The average molecular weight is 385 g/mol. The molecule has 0 saturated carbocycles. The zero-order chi connectivity index (χ0) is 18.8. The Balaban J connectivity index is 1.38. The summed E-state index contributed by atoms with van der Waals surface area (Å²) < 4.78 is 33.2. The molecule has 1 N–H and O–H groups in total. The minimum absolute atomic E-state index is 0.126. The number of benzene rings is 2. The third-order valence-electron chi connectivity index (χ3n) is 3.86. The first-order valence-electron chi connectivity index (χ1n) is 8.14. The normalized spacial score (nSPS) is 11.0. The first-order chi connectivity index (χ1) is 13.1. The molecule has 0 unspecified atom stereocenters. The minimum Gasteiger partial charge on any atom is -0.441 e. The second-order valence-electron chi connectivity index (χ2n) is 5.78. The third kappa shape index (κ3) is 3.85. The third-order valence-corrected chi connectivity index (χ3v) is 4.79. The lowest BCUT2D eigenvalue weighted by molar-refractivity contribution is -0.116. The number of thiazole rings is 1. The number of oxazole rings is 1. The Labute approximate surface area is 156 Å². The van der Waals surface area contributed by atoms with Gasteiger partial charge in [-0.25, -0.2) is 18.7 Å². The SMILES string of the molecule is O=C(CCc1ncc(-c2ccccc2F)o1)Nc1nc2ccc(F)cc2s1. The number of fused-ring (bicyclic) bond motifs is 1. The number of hydrogen-bond donors (Lipinski definition) is 1. The van der Waals surface area contributed by atoms with Crippen LogP contribution in [0.4, 0.5) is 13.9 Å². The van der Waals surface area contributed by atoms with Crippen molar-refractivity contribution in [2.75, 3.05) is 5.32 Å². The maximum atomic E-state index is 13.8. The van der Waals surface area contributed by atoms with E-state index in [1.165, 1.54) is 35.7 Å². The van der Waals surface area contributed by atoms with Gasteiger partial charge >= 0.3 is 0 Å². The van der Waals surface area contributed by atoms with Gasteiger partial charge in [0.05, 0.1) is 22.0 Å². The van der Waals surface area contributed by atoms with Crippen molar-refractivity contribution < 1.29 is 18.0 Å². The van der Waals surface area contributed by atoms with Crippen LogP contribution in [0.3, 0.4) is 0 Å². The highest BCUT2D eigenvalue weighted by Crippen LogP contribution is 2.27. The molecule has 4 aromatic rings. The molecule has 0 aliphatic heterocycles. The molecule has 4 rings (SSSR count). The molecule has 0 bridgehead atoms. The van der Waals surface area contributed by atoms with E-state index in [2.05, 4.69) is 15.3 Å². The Hall–Kier alpha value is -3.13. The maximum absolute atomic E-state index is 13.8. The van der Waals surface area contributed by atoms with Gasteiger partial charge in [0, 0.05) is 12.8 Å². The van der Waals surface area contributed by atoms with Crippen molar-refractivity contribution in [3.8, 4) is 11.3 Å². The highest BCUT2D eigenvalue weighted by Gasteiger charge is 2.13. The van der Waals surface area contributed by atoms with Crippen LogP contribution in [0.25, 0.3) is 21.5 Å². The molecule has 0 radical (unpaired) electrons. The predicted molar refractivity (Wildman–Crippen MR) is 98.4 cm³/mol. The summed E-state index contributed by atoms with van der Waals surface area (Å²) in [6.45, 7) is 0. The summed E-state index contributed by atoms with van der Waals surface area (Å²) in [5.74, 6) is -0.351.